The summed E-state index contributed by atoms with van der Waals surface area (Å²) in [6, 6.07) is 11.6. The van der Waals surface area contributed by atoms with E-state index in [9.17, 15) is 9.18 Å². The van der Waals surface area contributed by atoms with E-state index >= 15 is 0 Å². The molecule has 5 heteroatoms. The summed E-state index contributed by atoms with van der Waals surface area (Å²) in [7, 11) is 0. The van der Waals surface area contributed by atoms with Crippen molar-refractivity contribution in [2.45, 2.75) is 13.5 Å². The summed E-state index contributed by atoms with van der Waals surface area (Å²) >= 11 is 3.38. The molecule has 0 bridgehead atoms. The zero-order valence-corrected chi connectivity index (χ0v) is 12.5. The van der Waals surface area contributed by atoms with E-state index in [0.29, 0.717) is 11.3 Å². The van der Waals surface area contributed by atoms with Crippen LogP contribution in [0.3, 0.4) is 0 Å². The van der Waals surface area contributed by atoms with Gasteiger partial charge in [-0.25, -0.2) is 9.18 Å². The molecule has 20 heavy (non-hydrogen) atoms. The first-order chi connectivity index (χ1) is 9.56. The molecule has 0 atom stereocenters. The number of nitrogens with one attached hydrogen (secondary N) is 2. The Labute approximate surface area is 125 Å². The van der Waals surface area contributed by atoms with Gasteiger partial charge in [0.05, 0.1) is 5.69 Å². The smallest absolute Gasteiger partial charge is 0.319 e. The van der Waals surface area contributed by atoms with Gasteiger partial charge in [-0.1, -0.05) is 24.3 Å². The Morgan fingerprint density at radius 1 is 1.25 bits per heavy atom. The van der Waals surface area contributed by atoms with E-state index in [1.807, 2.05) is 25.1 Å². The van der Waals surface area contributed by atoms with Crippen molar-refractivity contribution < 1.29 is 9.18 Å². The normalized spacial score (nSPS) is 10.2. The summed E-state index contributed by atoms with van der Waals surface area (Å²) in [5.74, 6) is -0.329. The molecule has 0 spiro atoms. The molecule has 104 valence electrons. The Balaban J connectivity index is 1.94. The number of rotatable bonds is 3. The molecule has 3 nitrogen and oxygen atoms in total. The second kappa shape index (κ2) is 6.52. The van der Waals surface area contributed by atoms with Crippen LogP contribution in [0.4, 0.5) is 14.9 Å². The molecule has 2 N–H and O–H groups in total. The van der Waals surface area contributed by atoms with Crippen LogP contribution in [-0.2, 0) is 6.54 Å². The minimum absolute atomic E-state index is 0.141. The Morgan fingerprint density at radius 2 is 2.00 bits per heavy atom. The number of hydrogen-bond acceptors (Lipinski definition) is 1. The molecule has 0 saturated heterocycles. The second-order valence-electron chi connectivity index (χ2n) is 4.38. The molecule has 0 saturated carbocycles. The predicted octanol–water partition coefficient (Wildman–Crippen LogP) is 4.22. The molecule has 0 heterocycles. The van der Waals surface area contributed by atoms with Crippen molar-refractivity contribution in [3.8, 4) is 0 Å². The fourth-order valence-electron chi connectivity index (χ4n) is 1.71. The van der Waals surface area contributed by atoms with Gasteiger partial charge in [-0.05, 0) is 46.6 Å². The second-order valence-corrected chi connectivity index (χ2v) is 5.24. The highest BCUT2D eigenvalue weighted by atomic mass is 79.9. The van der Waals surface area contributed by atoms with Crippen molar-refractivity contribution in [3.63, 3.8) is 0 Å². The minimum Gasteiger partial charge on any atom is -0.334 e. The predicted molar refractivity (Wildman–Crippen MR) is 81.1 cm³/mol. The van der Waals surface area contributed by atoms with Crippen molar-refractivity contribution in [3.05, 3.63) is 63.9 Å². The van der Waals surface area contributed by atoms with Crippen LogP contribution in [-0.4, -0.2) is 6.03 Å². The molecule has 0 radical (unpaired) electrons. The van der Waals surface area contributed by atoms with Gasteiger partial charge in [-0.2, -0.15) is 0 Å². The molecule has 0 fully saturated rings. The summed E-state index contributed by atoms with van der Waals surface area (Å²) in [5.41, 5.74) is 2.21. The fraction of sp³-hybridized carbons (Fsp3) is 0.133. The standard InChI is InChI=1S/C15H14BrFN2O/c1-10-6-7-14(12(16)8-10)19-15(20)18-9-11-4-2-3-5-13(11)17/h2-8H,9H2,1H3,(H2,18,19,20). The molecule has 2 aromatic carbocycles. The van der Waals surface area contributed by atoms with Crippen molar-refractivity contribution >= 4 is 27.6 Å². The van der Waals surface area contributed by atoms with Gasteiger partial charge in [0.1, 0.15) is 5.82 Å². The van der Waals surface area contributed by atoms with E-state index < -0.39 is 0 Å². The molecule has 0 aliphatic rings. The van der Waals surface area contributed by atoms with E-state index in [0.717, 1.165) is 10.0 Å². The van der Waals surface area contributed by atoms with Gasteiger partial charge in [0.25, 0.3) is 0 Å². The maximum atomic E-state index is 13.4. The average Bonchev–Trinajstić information content (AvgIpc) is 2.41. The number of anilines is 1. The maximum Gasteiger partial charge on any atom is 0.319 e. The van der Waals surface area contributed by atoms with Crippen LogP contribution >= 0.6 is 15.9 Å². The number of amides is 2. The Kier molecular flexibility index (Phi) is 4.74. The number of benzene rings is 2. The van der Waals surface area contributed by atoms with Gasteiger partial charge in [0.2, 0.25) is 0 Å². The van der Waals surface area contributed by atoms with Crippen LogP contribution in [0.2, 0.25) is 0 Å². The fourth-order valence-corrected chi connectivity index (χ4v) is 2.30. The Hall–Kier alpha value is -1.88. The highest BCUT2D eigenvalue weighted by Gasteiger charge is 2.06. The highest BCUT2D eigenvalue weighted by molar-refractivity contribution is 9.10. The summed E-state index contributed by atoms with van der Waals surface area (Å²) < 4.78 is 14.2. The molecule has 2 amide bonds. The third kappa shape index (κ3) is 3.81. The SMILES string of the molecule is Cc1ccc(NC(=O)NCc2ccccc2F)c(Br)c1. The van der Waals surface area contributed by atoms with Gasteiger partial charge in [-0.15, -0.1) is 0 Å². The number of carbonyl (C=O) groups is 1. The number of carbonyl (C=O) groups excluding carboxylic acids is 1. The zero-order chi connectivity index (χ0) is 14.5. The molecule has 0 aliphatic heterocycles. The highest BCUT2D eigenvalue weighted by Crippen LogP contribution is 2.23. The van der Waals surface area contributed by atoms with Crippen LogP contribution in [0, 0.1) is 12.7 Å². The first-order valence-corrected chi connectivity index (χ1v) is 6.90. The topological polar surface area (TPSA) is 41.1 Å². The summed E-state index contributed by atoms with van der Waals surface area (Å²) in [6.07, 6.45) is 0. The van der Waals surface area contributed by atoms with E-state index in [1.165, 1.54) is 6.07 Å². The van der Waals surface area contributed by atoms with Gasteiger partial charge < -0.3 is 10.6 Å². The lowest BCUT2D eigenvalue weighted by Gasteiger charge is -2.10. The summed E-state index contributed by atoms with van der Waals surface area (Å²) in [4.78, 5) is 11.8. The minimum atomic E-state index is -0.377. The molecule has 0 aliphatic carbocycles. The first-order valence-electron chi connectivity index (χ1n) is 6.10. The zero-order valence-electron chi connectivity index (χ0n) is 10.9. The van der Waals surface area contributed by atoms with E-state index in [2.05, 4.69) is 26.6 Å². The molecule has 2 aromatic rings. The number of aryl methyl sites for hydroxylation is 1. The summed E-state index contributed by atoms with van der Waals surface area (Å²) in [5, 5.41) is 5.33. The van der Waals surface area contributed by atoms with Crippen LogP contribution in [0.1, 0.15) is 11.1 Å². The van der Waals surface area contributed by atoms with Gasteiger partial charge in [0, 0.05) is 16.6 Å². The lowest BCUT2D eigenvalue weighted by atomic mass is 10.2. The molecular formula is C15H14BrFN2O. The number of hydrogen-bond donors (Lipinski definition) is 2. The van der Waals surface area contributed by atoms with Crippen molar-refractivity contribution in [1.29, 1.82) is 0 Å². The lowest BCUT2D eigenvalue weighted by Crippen LogP contribution is -2.28. The third-order valence-electron chi connectivity index (χ3n) is 2.77. The van der Waals surface area contributed by atoms with Crippen LogP contribution in [0.25, 0.3) is 0 Å². The van der Waals surface area contributed by atoms with Crippen molar-refractivity contribution in [2.75, 3.05) is 5.32 Å². The van der Waals surface area contributed by atoms with Crippen molar-refractivity contribution in [1.82, 2.24) is 5.32 Å². The van der Waals surface area contributed by atoms with E-state index in [-0.39, 0.29) is 18.4 Å². The van der Waals surface area contributed by atoms with Crippen LogP contribution in [0.5, 0.6) is 0 Å². The molecule has 0 unspecified atom stereocenters. The summed E-state index contributed by atoms with van der Waals surface area (Å²) in [6.45, 7) is 2.11. The maximum absolute atomic E-state index is 13.4. The van der Waals surface area contributed by atoms with Crippen LogP contribution < -0.4 is 10.6 Å². The monoisotopic (exact) mass is 336 g/mol. The molecular weight excluding hydrogens is 323 g/mol. The first kappa shape index (κ1) is 14.5. The van der Waals surface area contributed by atoms with E-state index in [4.69, 9.17) is 0 Å². The third-order valence-corrected chi connectivity index (χ3v) is 3.43. The van der Waals surface area contributed by atoms with Crippen LogP contribution in [0.15, 0.2) is 46.9 Å². The Morgan fingerprint density at radius 3 is 2.70 bits per heavy atom. The van der Waals surface area contributed by atoms with E-state index in [1.54, 1.807) is 18.2 Å². The molecule has 0 aromatic heterocycles. The number of urea groups is 1. The lowest BCUT2D eigenvalue weighted by molar-refractivity contribution is 0.251. The van der Waals surface area contributed by atoms with Crippen molar-refractivity contribution in [2.24, 2.45) is 0 Å². The van der Waals surface area contributed by atoms with Gasteiger partial charge in [-0.3, -0.25) is 0 Å². The largest absolute Gasteiger partial charge is 0.334 e. The molecule has 2 rings (SSSR count). The van der Waals surface area contributed by atoms with Gasteiger partial charge >= 0.3 is 6.03 Å². The van der Waals surface area contributed by atoms with Gasteiger partial charge in [0.15, 0.2) is 0 Å². The number of halogens is 2. The Bertz CT molecular complexity index is 631. The quantitative estimate of drug-likeness (QED) is 0.865. The average molecular weight is 337 g/mol.